The predicted octanol–water partition coefficient (Wildman–Crippen LogP) is 24.3. The lowest BCUT2D eigenvalue weighted by Gasteiger charge is -2.22. The minimum absolute atomic E-state index is 0.0588. The summed E-state index contributed by atoms with van der Waals surface area (Å²) in [7, 11) is 0. The highest BCUT2D eigenvalue weighted by molar-refractivity contribution is 6.23. The minimum Gasteiger partial charge on any atom is -0.309 e. The van der Waals surface area contributed by atoms with Gasteiger partial charge in [0.25, 0.3) is 0 Å². The molecule has 0 fully saturated rings. The first-order chi connectivity index (χ1) is 44.1. The van der Waals surface area contributed by atoms with Gasteiger partial charge in [-0.3, -0.25) is 0 Å². The maximum Gasteiger partial charge on any atom is 0.416 e. The number of alkyl halides is 12. The van der Waals surface area contributed by atoms with E-state index in [9.17, 15) is 52.7 Å². The zero-order valence-corrected chi connectivity index (χ0v) is 47.8. The topological polar surface area (TPSA) is 9.86 Å². The highest BCUT2D eigenvalue weighted by Crippen LogP contribution is 2.50. The molecule has 92 heavy (non-hydrogen) atoms. The van der Waals surface area contributed by atoms with Gasteiger partial charge in [0.05, 0.1) is 44.3 Å². The average Bonchev–Trinajstić information content (AvgIpc) is 1.27. The van der Waals surface area contributed by atoms with Crippen molar-refractivity contribution < 1.29 is 52.7 Å². The molecule has 2 heterocycles. The number of nitrogens with zero attached hydrogens (tertiary/aromatic N) is 2. The highest BCUT2D eigenvalue weighted by Gasteiger charge is 2.36. The molecule has 0 aliphatic carbocycles. The molecule has 15 aromatic rings. The van der Waals surface area contributed by atoms with E-state index in [0.29, 0.717) is 55.2 Å². The van der Waals surface area contributed by atoms with Crippen molar-refractivity contribution in [1.29, 1.82) is 0 Å². The van der Waals surface area contributed by atoms with E-state index in [0.717, 1.165) is 93.0 Å². The molecule has 2 aromatic heterocycles. The summed E-state index contributed by atoms with van der Waals surface area (Å²) >= 11 is 0. The van der Waals surface area contributed by atoms with E-state index in [2.05, 4.69) is 36.4 Å². The lowest BCUT2D eigenvalue weighted by molar-refractivity contribution is -0.138. The fourth-order valence-electron chi connectivity index (χ4n) is 13.1. The molecule has 15 rings (SSSR count). The molecule has 0 saturated heterocycles. The van der Waals surface area contributed by atoms with E-state index >= 15 is 0 Å². The molecule has 0 spiro atoms. The van der Waals surface area contributed by atoms with Crippen molar-refractivity contribution >= 4 is 65.2 Å². The third-order valence-electron chi connectivity index (χ3n) is 17.3. The van der Waals surface area contributed by atoms with Crippen LogP contribution in [0.5, 0.6) is 0 Å². The standard InChI is InChI=1S/C78H44F12N2/c79-75(80,81)55-21-29-69-63(39-55)64-40-56(76(82,83)84)22-30-70(64)91(69)59-26-28-62-67(43-59)73(53-35-49(45-13-5-1-6-14-45)33-50(36-53)46-15-7-2-8-16-46)61-27-25-60(92-71-31-23-57(77(85,86)87)41-65(71)66-42-58(78(88,89)90)24-32-72(66)92)44-68(61)74(62)54-37-51(47-17-9-3-10-18-47)34-52(38-54)48-19-11-4-12-20-48/h1-44H. The smallest absolute Gasteiger partial charge is 0.309 e. The monoisotopic (exact) mass is 1240 g/mol. The Labute approximate surface area is 516 Å². The van der Waals surface area contributed by atoms with Crippen LogP contribution < -0.4 is 0 Å². The van der Waals surface area contributed by atoms with Gasteiger partial charge in [0.2, 0.25) is 0 Å². The summed E-state index contributed by atoms with van der Waals surface area (Å²) in [6, 6.07) is 74.6. The SMILES string of the molecule is FC(F)(F)c1ccc2c(c1)c1cc(C(F)(F)F)ccc1n2-c1ccc2c(-c3cc(-c4ccccc4)cc(-c4ccccc4)c3)c3cc(-n4c5ccc(C(F)(F)F)cc5c5cc(C(F)(F)F)ccc54)ccc3c(-c3cc(-c4ccccc4)cc(-c4ccccc4)c3)c2c1. The number of halogens is 12. The molecule has 450 valence electrons. The number of hydrogen-bond acceptors (Lipinski definition) is 0. The number of fused-ring (bicyclic) bond motifs is 8. The molecule has 0 radical (unpaired) electrons. The van der Waals surface area contributed by atoms with Gasteiger partial charge in [0.15, 0.2) is 0 Å². The average molecular weight is 1240 g/mol. The highest BCUT2D eigenvalue weighted by atomic mass is 19.4. The number of hydrogen-bond donors (Lipinski definition) is 0. The summed E-state index contributed by atoms with van der Waals surface area (Å²) in [4.78, 5) is 0. The fraction of sp³-hybridized carbons (Fsp3) is 0.0513. The van der Waals surface area contributed by atoms with E-state index in [4.69, 9.17) is 0 Å². The van der Waals surface area contributed by atoms with Gasteiger partial charge in [-0.2, -0.15) is 52.7 Å². The normalized spacial score (nSPS) is 12.6. The van der Waals surface area contributed by atoms with Gasteiger partial charge in [-0.15, -0.1) is 0 Å². The Morgan fingerprint density at radius 1 is 0.185 bits per heavy atom. The van der Waals surface area contributed by atoms with E-state index in [1.54, 1.807) is 21.3 Å². The van der Waals surface area contributed by atoms with E-state index in [1.807, 2.05) is 146 Å². The van der Waals surface area contributed by atoms with Crippen molar-refractivity contribution in [3.63, 3.8) is 0 Å². The summed E-state index contributed by atoms with van der Waals surface area (Å²) in [5.41, 5.74) is 6.93. The lowest BCUT2D eigenvalue weighted by Crippen LogP contribution is -2.04. The molecule has 0 saturated carbocycles. The first kappa shape index (κ1) is 57.6. The van der Waals surface area contributed by atoms with Gasteiger partial charge in [-0.1, -0.05) is 133 Å². The third-order valence-corrected chi connectivity index (χ3v) is 17.3. The van der Waals surface area contributed by atoms with Crippen LogP contribution >= 0.6 is 0 Å². The molecular formula is C78H44F12N2. The zero-order valence-electron chi connectivity index (χ0n) is 47.8. The first-order valence-electron chi connectivity index (χ1n) is 29.1. The molecule has 0 atom stereocenters. The second kappa shape index (κ2) is 21.4. The number of benzene rings is 13. The summed E-state index contributed by atoms with van der Waals surface area (Å²) in [5.74, 6) is 0. The van der Waals surface area contributed by atoms with Crippen LogP contribution in [0, 0.1) is 0 Å². The predicted molar refractivity (Wildman–Crippen MR) is 343 cm³/mol. The largest absolute Gasteiger partial charge is 0.416 e. The molecular weight excluding hydrogens is 1190 g/mol. The van der Waals surface area contributed by atoms with E-state index < -0.39 is 47.0 Å². The van der Waals surface area contributed by atoms with Crippen LogP contribution in [0.15, 0.2) is 267 Å². The van der Waals surface area contributed by atoms with E-state index in [-0.39, 0.29) is 43.6 Å². The summed E-state index contributed by atoms with van der Waals surface area (Å²) < 4.78 is 179. The first-order valence-corrected chi connectivity index (χ1v) is 29.1. The third kappa shape index (κ3) is 10.1. The van der Waals surface area contributed by atoms with Crippen LogP contribution in [-0.4, -0.2) is 9.13 Å². The Morgan fingerprint density at radius 3 is 0.663 bits per heavy atom. The van der Waals surface area contributed by atoms with Crippen molar-refractivity contribution in [3.05, 3.63) is 289 Å². The number of rotatable bonds is 8. The lowest BCUT2D eigenvalue weighted by atomic mass is 9.83. The second-order valence-electron chi connectivity index (χ2n) is 22.9. The molecule has 2 nitrogen and oxygen atoms in total. The summed E-state index contributed by atoms with van der Waals surface area (Å²) in [6.07, 6.45) is -19.3. The Bertz CT molecular complexity index is 4830. The molecule has 0 unspecified atom stereocenters. The van der Waals surface area contributed by atoms with Gasteiger partial charge < -0.3 is 9.13 Å². The fourth-order valence-corrected chi connectivity index (χ4v) is 13.1. The van der Waals surface area contributed by atoms with Gasteiger partial charge >= 0.3 is 24.7 Å². The summed E-state index contributed by atoms with van der Waals surface area (Å²) in [6.45, 7) is 0. The maximum absolute atomic E-state index is 14.6. The van der Waals surface area contributed by atoms with Crippen molar-refractivity contribution in [2.45, 2.75) is 24.7 Å². The van der Waals surface area contributed by atoms with Gasteiger partial charge in [0.1, 0.15) is 0 Å². The Balaban J connectivity index is 1.12. The van der Waals surface area contributed by atoms with Gasteiger partial charge in [0, 0.05) is 32.9 Å². The Hall–Kier alpha value is -10.9. The Kier molecular flexibility index (Phi) is 13.4. The van der Waals surface area contributed by atoms with Crippen molar-refractivity contribution in [1.82, 2.24) is 9.13 Å². The van der Waals surface area contributed by atoms with Crippen LogP contribution in [0.25, 0.3) is 143 Å². The molecule has 13 aromatic carbocycles. The molecule has 0 bridgehead atoms. The molecule has 0 aliphatic heterocycles. The van der Waals surface area contributed by atoms with Crippen molar-refractivity contribution in [2.75, 3.05) is 0 Å². The van der Waals surface area contributed by atoms with Crippen LogP contribution in [-0.2, 0) is 24.7 Å². The quantitative estimate of drug-likeness (QED) is 0.106. The van der Waals surface area contributed by atoms with Crippen LogP contribution in [0.4, 0.5) is 52.7 Å². The second-order valence-corrected chi connectivity index (χ2v) is 22.9. The Morgan fingerprint density at radius 2 is 0.424 bits per heavy atom. The molecule has 0 N–H and O–H groups in total. The van der Waals surface area contributed by atoms with Crippen molar-refractivity contribution in [3.8, 4) is 78.1 Å². The maximum atomic E-state index is 14.6. The molecule has 0 aliphatic rings. The summed E-state index contributed by atoms with van der Waals surface area (Å²) in [5, 5.41) is 2.25. The minimum atomic E-state index is -4.83. The van der Waals surface area contributed by atoms with Crippen LogP contribution in [0.3, 0.4) is 0 Å². The van der Waals surface area contributed by atoms with Gasteiger partial charge in [-0.25, -0.2) is 0 Å². The zero-order chi connectivity index (χ0) is 63.6. The molecule has 0 amide bonds. The van der Waals surface area contributed by atoms with Crippen LogP contribution in [0.1, 0.15) is 22.3 Å². The molecule has 14 heteroatoms. The van der Waals surface area contributed by atoms with Crippen LogP contribution in [0.2, 0.25) is 0 Å². The number of aromatic nitrogens is 2. The van der Waals surface area contributed by atoms with Gasteiger partial charge in [-0.05, 0) is 222 Å². The van der Waals surface area contributed by atoms with Crippen molar-refractivity contribution in [2.24, 2.45) is 0 Å². The van der Waals surface area contributed by atoms with E-state index in [1.165, 1.54) is 24.3 Å².